The summed E-state index contributed by atoms with van der Waals surface area (Å²) in [6, 6.07) is 24.8. The van der Waals surface area contributed by atoms with Crippen molar-refractivity contribution in [1.29, 1.82) is 0 Å². The summed E-state index contributed by atoms with van der Waals surface area (Å²) in [5, 5.41) is 7.60. The van der Waals surface area contributed by atoms with Crippen molar-refractivity contribution >= 4 is 57.5 Å². The number of ketones is 2. The van der Waals surface area contributed by atoms with Crippen molar-refractivity contribution in [2.45, 2.75) is 0 Å². The van der Waals surface area contributed by atoms with Crippen molar-refractivity contribution in [1.82, 2.24) is 0 Å². The molecule has 4 nitrogen and oxygen atoms in total. The Morgan fingerprint density at radius 2 is 0.938 bits per heavy atom. The molecule has 0 heterocycles. The van der Waals surface area contributed by atoms with Gasteiger partial charge in [-0.15, -0.1) is 0 Å². The molecule has 0 aliphatic heterocycles. The minimum absolute atomic E-state index is 0.213. The number of carbonyl (C=O) groups excluding carboxylic acids is 2. The second kappa shape index (κ2) is 8.15. The topological polar surface area (TPSA) is 58.2 Å². The van der Waals surface area contributed by atoms with Gasteiger partial charge in [-0.2, -0.15) is 0 Å². The molecule has 0 amide bonds. The molecular weight excluding hydrogens is 443 g/mol. The third kappa shape index (κ3) is 3.64. The highest BCUT2D eigenvalue weighted by molar-refractivity contribution is 6.32. The lowest BCUT2D eigenvalue weighted by Gasteiger charge is -2.23. The molecule has 1 aliphatic carbocycles. The largest absolute Gasteiger partial charge is 0.355 e. The number of benzene rings is 4. The molecule has 4 aromatic rings. The number of hydrogen-bond acceptors (Lipinski definition) is 4. The summed E-state index contributed by atoms with van der Waals surface area (Å²) in [5.74, 6) is -0.427. The molecule has 1 aliphatic rings. The molecule has 0 radical (unpaired) electrons. The number of rotatable bonds is 4. The van der Waals surface area contributed by atoms with E-state index >= 15 is 0 Å². The Hall–Kier alpha value is -3.60. The zero-order valence-electron chi connectivity index (χ0n) is 16.7. The van der Waals surface area contributed by atoms with Gasteiger partial charge in [-0.1, -0.05) is 59.6 Å². The standard InChI is InChI=1S/C26H16Cl2N2O2/c27-15-5-1-7-17(13-15)29-21-11-3-9-19-23(21)25(31)20-10-4-12-22(24(20)26(19)32)30-18-8-2-6-16(28)14-18/h1-14,29-30H. The van der Waals surface area contributed by atoms with Crippen LogP contribution < -0.4 is 10.6 Å². The first-order valence-corrected chi connectivity index (χ1v) is 10.7. The van der Waals surface area contributed by atoms with Crippen molar-refractivity contribution in [3.63, 3.8) is 0 Å². The molecule has 0 fully saturated rings. The zero-order valence-corrected chi connectivity index (χ0v) is 18.2. The molecule has 2 N–H and O–H groups in total. The van der Waals surface area contributed by atoms with Crippen LogP contribution in [-0.2, 0) is 0 Å². The molecule has 0 unspecified atom stereocenters. The van der Waals surface area contributed by atoms with Gasteiger partial charge >= 0.3 is 0 Å². The Balaban J connectivity index is 1.58. The van der Waals surface area contributed by atoms with Crippen LogP contribution in [0.3, 0.4) is 0 Å². The Kier molecular flexibility index (Phi) is 5.17. The minimum atomic E-state index is -0.213. The predicted molar refractivity (Wildman–Crippen MR) is 129 cm³/mol. The van der Waals surface area contributed by atoms with Crippen LogP contribution in [0.2, 0.25) is 10.0 Å². The summed E-state index contributed by atoms with van der Waals surface area (Å²) in [7, 11) is 0. The number of halogens is 2. The summed E-state index contributed by atoms with van der Waals surface area (Å²) in [6.07, 6.45) is 0. The number of hydrogen-bond donors (Lipinski definition) is 2. The number of anilines is 4. The van der Waals surface area contributed by atoms with Gasteiger partial charge in [0.15, 0.2) is 11.6 Å². The van der Waals surface area contributed by atoms with E-state index in [4.69, 9.17) is 23.2 Å². The van der Waals surface area contributed by atoms with E-state index in [-0.39, 0.29) is 11.6 Å². The fraction of sp³-hybridized carbons (Fsp3) is 0. The molecule has 0 saturated carbocycles. The summed E-state index contributed by atoms with van der Waals surface area (Å²) in [5.41, 5.74) is 3.99. The highest BCUT2D eigenvalue weighted by Gasteiger charge is 2.33. The molecule has 156 valence electrons. The van der Waals surface area contributed by atoms with Crippen LogP contribution in [0.4, 0.5) is 22.7 Å². The predicted octanol–water partition coefficient (Wildman–Crippen LogP) is 7.26. The van der Waals surface area contributed by atoms with Crippen molar-refractivity contribution in [2.24, 2.45) is 0 Å². The average Bonchev–Trinajstić information content (AvgIpc) is 2.77. The molecule has 5 rings (SSSR count). The first kappa shape index (κ1) is 20.3. The van der Waals surface area contributed by atoms with Crippen LogP contribution in [0.25, 0.3) is 0 Å². The number of fused-ring (bicyclic) bond motifs is 2. The zero-order chi connectivity index (χ0) is 22.2. The van der Waals surface area contributed by atoms with Crippen molar-refractivity contribution in [3.05, 3.63) is 117 Å². The van der Waals surface area contributed by atoms with E-state index in [1.54, 1.807) is 60.7 Å². The molecule has 0 bridgehead atoms. The second-order valence-electron chi connectivity index (χ2n) is 7.39. The lowest BCUT2D eigenvalue weighted by atomic mass is 9.82. The molecule has 0 atom stereocenters. The molecule has 4 aromatic carbocycles. The highest BCUT2D eigenvalue weighted by atomic mass is 35.5. The lowest BCUT2D eigenvalue weighted by Crippen LogP contribution is -2.23. The Morgan fingerprint density at radius 3 is 1.34 bits per heavy atom. The average molecular weight is 459 g/mol. The molecular formula is C26H16Cl2N2O2. The van der Waals surface area contributed by atoms with E-state index < -0.39 is 0 Å². The molecule has 6 heteroatoms. The van der Waals surface area contributed by atoms with Gasteiger partial charge in [-0.3, -0.25) is 9.59 Å². The quantitative estimate of drug-likeness (QED) is 0.297. The first-order chi connectivity index (χ1) is 15.5. The van der Waals surface area contributed by atoms with E-state index in [2.05, 4.69) is 10.6 Å². The summed E-state index contributed by atoms with van der Waals surface area (Å²) < 4.78 is 0. The van der Waals surface area contributed by atoms with E-state index in [1.807, 2.05) is 24.3 Å². The second-order valence-corrected chi connectivity index (χ2v) is 8.26. The van der Waals surface area contributed by atoms with E-state index in [0.717, 1.165) is 11.4 Å². The molecule has 32 heavy (non-hydrogen) atoms. The van der Waals surface area contributed by atoms with E-state index in [9.17, 15) is 9.59 Å². The molecule has 0 aromatic heterocycles. The van der Waals surface area contributed by atoms with Crippen LogP contribution in [0.1, 0.15) is 31.8 Å². The monoisotopic (exact) mass is 458 g/mol. The molecule has 0 saturated heterocycles. The van der Waals surface area contributed by atoms with Gasteiger partial charge < -0.3 is 10.6 Å². The van der Waals surface area contributed by atoms with E-state index in [0.29, 0.717) is 43.7 Å². The van der Waals surface area contributed by atoms with Gasteiger partial charge in [0.05, 0.1) is 22.5 Å². The van der Waals surface area contributed by atoms with Gasteiger partial charge in [0.2, 0.25) is 0 Å². The van der Waals surface area contributed by atoms with Crippen molar-refractivity contribution in [3.8, 4) is 0 Å². The fourth-order valence-electron chi connectivity index (χ4n) is 3.89. The van der Waals surface area contributed by atoms with Crippen LogP contribution in [-0.4, -0.2) is 11.6 Å². The Labute approximate surface area is 194 Å². The maximum absolute atomic E-state index is 13.5. The highest BCUT2D eigenvalue weighted by Crippen LogP contribution is 2.37. The summed E-state index contributed by atoms with van der Waals surface area (Å²) in [4.78, 5) is 27.0. The smallest absolute Gasteiger partial charge is 0.196 e. The van der Waals surface area contributed by atoms with Gasteiger partial charge in [0, 0.05) is 32.5 Å². The normalized spacial score (nSPS) is 12.2. The van der Waals surface area contributed by atoms with Crippen LogP contribution in [0, 0.1) is 0 Å². The Bertz CT molecular complexity index is 1290. The third-order valence-electron chi connectivity index (χ3n) is 5.28. The van der Waals surface area contributed by atoms with Crippen molar-refractivity contribution < 1.29 is 9.59 Å². The van der Waals surface area contributed by atoms with Crippen LogP contribution >= 0.6 is 23.2 Å². The van der Waals surface area contributed by atoms with Crippen molar-refractivity contribution in [2.75, 3.05) is 10.6 Å². The minimum Gasteiger partial charge on any atom is -0.355 e. The first-order valence-electron chi connectivity index (χ1n) is 9.92. The number of carbonyl (C=O) groups is 2. The SMILES string of the molecule is O=C1c2cccc(Nc3cccc(Cl)c3)c2C(=O)c2cccc(Nc3cccc(Cl)c3)c21. The van der Waals surface area contributed by atoms with Gasteiger partial charge in [-0.25, -0.2) is 0 Å². The maximum atomic E-state index is 13.5. The van der Waals surface area contributed by atoms with Crippen LogP contribution in [0.5, 0.6) is 0 Å². The maximum Gasteiger partial charge on any atom is 0.196 e. The summed E-state index contributed by atoms with van der Waals surface area (Å²) >= 11 is 12.2. The molecule has 0 spiro atoms. The Morgan fingerprint density at radius 1 is 0.531 bits per heavy atom. The fourth-order valence-corrected chi connectivity index (χ4v) is 4.27. The third-order valence-corrected chi connectivity index (χ3v) is 5.75. The number of nitrogens with one attached hydrogen (secondary N) is 2. The van der Waals surface area contributed by atoms with E-state index in [1.165, 1.54) is 0 Å². The van der Waals surface area contributed by atoms with Gasteiger partial charge in [-0.05, 0) is 48.5 Å². The van der Waals surface area contributed by atoms with Gasteiger partial charge in [0.25, 0.3) is 0 Å². The lowest BCUT2D eigenvalue weighted by molar-refractivity contribution is 0.0980. The van der Waals surface area contributed by atoms with Gasteiger partial charge in [0.1, 0.15) is 0 Å². The van der Waals surface area contributed by atoms with Crippen LogP contribution in [0.15, 0.2) is 84.9 Å². The summed E-state index contributed by atoms with van der Waals surface area (Å²) in [6.45, 7) is 0.